The van der Waals surface area contributed by atoms with Crippen LogP contribution in [0.5, 0.6) is 0 Å². The first-order valence-corrected chi connectivity index (χ1v) is 6.44. The molecule has 0 radical (unpaired) electrons. The van der Waals surface area contributed by atoms with E-state index in [1.165, 1.54) is 4.88 Å². The van der Waals surface area contributed by atoms with E-state index in [0.717, 1.165) is 16.1 Å². The van der Waals surface area contributed by atoms with Crippen LogP contribution >= 0.6 is 27.3 Å². The Labute approximate surface area is 101 Å². The number of thiophene rings is 1. The monoisotopic (exact) mass is 285 g/mol. The lowest BCUT2D eigenvalue weighted by Gasteiger charge is -2.13. The molecule has 80 valence electrons. The Hall–Kier alpha value is -0.580. The van der Waals surface area contributed by atoms with Crippen molar-refractivity contribution in [1.82, 2.24) is 5.32 Å². The van der Waals surface area contributed by atoms with Gasteiger partial charge in [-0.1, -0.05) is 6.92 Å². The Morgan fingerprint density at radius 2 is 2.33 bits per heavy atom. The summed E-state index contributed by atoms with van der Waals surface area (Å²) in [6, 6.07) is 8.27. The number of halogens is 1. The van der Waals surface area contributed by atoms with Gasteiger partial charge in [0, 0.05) is 4.88 Å². The molecule has 0 aliphatic rings. The molecule has 1 unspecified atom stereocenters. The molecule has 0 spiro atoms. The van der Waals surface area contributed by atoms with Crippen molar-refractivity contribution in [2.45, 2.75) is 13.0 Å². The zero-order valence-electron chi connectivity index (χ0n) is 8.37. The Morgan fingerprint density at radius 1 is 1.47 bits per heavy atom. The minimum Gasteiger partial charge on any atom is -0.467 e. The molecule has 2 nitrogen and oxygen atoms in total. The van der Waals surface area contributed by atoms with Crippen LogP contribution in [0.2, 0.25) is 0 Å². The van der Waals surface area contributed by atoms with E-state index in [-0.39, 0.29) is 6.04 Å². The fraction of sp³-hybridized carbons (Fsp3) is 0.273. The van der Waals surface area contributed by atoms with Crippen LogP contribution in [-0.2, 0) is 0 Å². The number of furan rings is 1. The molecule has 0 aliphatic heterocycles. The highest BCUT2D eigenvalue weighted by molar-refractivity contribution is 9.11. The predicted molar refractivity (Wildman–Crippen MR) is 66.2 cm³/mol. The molecule has 0 bridgehead atoms. The quantitative estimate of drug-likeness (QED) is 0.924. The number of hydrogen-bond donors (Lipinski definition) is 1. The summed E-state index contributed by atoms with van der Waals surface area (Å²) in [6.07, 6.45) is 1.71. The van der Waals surface area contributed by atoms with Crippen molar-refractivity contribution in [2.75, 3.05) is 6.54 Å². The summed E-state index contributed by atoms with van der Waals surface area (Å²) in [4.78, 5) is 1.26. The summed E-state index contributed by atoms with van der Waals surface area (Å²) in [6.45, 7) is 3.01. The molecular formula is C11H12BrNOS. The number of nitrogens with one attached hydrogen (secondary N) is 1. The maximum Gasteiger partial charge on any atom is 0.126 e. The fourth-order valence-corrected chi connectivity index (χ4v) is 2.99. The van der Waals surface area contributed by atoms with E-state index in [4.69, 9.17) is 4.42 Å². The number of rotatable bonds is 4. The smallest absolute Gasteiger partial charge is 0.126 e. The molecule has 0 aromatic carbocycles. The average molecular weight is 286 g/mol. The summed E-state index contributed by atoms with van der Waals surface area (Å²) in [7, 11) is 0. The molecule has 1 atom stereocenters. The second-order valence-electron chi connectivity index (χ2n) is 3.15. The standard InChI is InChI=1S/C11H12BrNOS/c1-2-13-11(8-4-3-7-14-8)9-5-6-10(12)15-9/h3-7,11,13H,2H2,1H3. The van der Waals surface area contributed by atoms with Gasteiger partial charge in [0.05, 0.1) is 10.0 Å². The van der Waals surface area contributed by atoms with Gasteiger partial charge in [-0.25, -0.2) is 0 Å². The largest absolute Gasteiger partial charge is 0.467 e. The van der Waals surface area contributed by atoms with Gasteiger partial charge in [0.25, 0.3) is 0 Å². The van der Waals surface area contributed by atoms with E-state index >= 15 is 0 Å². The van der Waals surface area contributed by atoms with Crippen molar-refractivity contribution < 1.29 is 4.42 Å². The summed E-state index contributed by atoms with van der Waals surface area (Å²) in [5.74, 6) is 0.964. The molecule has 15 heavy (non-hydrogen) atoms. The first-order chi connectivity index (χ1) is 7.31. The van der Waals surface area contributed by atoms with Crippen molar-refractivity contribution in [1.29, 1.82) is 0 Å². The molecule has 2 aromatic rings. The van der Waals surface area contributed by atoms with Gasteiger partial charge in [0.1, 0.15) is 11.8 Å². The lowest BCUT2D eigenvalue weighted by molar-refractivity contribution is 0.455. The lowest BCUT2D eigenvalue weighted by Crippen LogP contribution is -2.20. The van der Waals surface area contributed by atoms with Crippen molar-refractivity contribution in [3.63, 3.8) is 0 Å². The molecule has 0 aliphatic carbocycles. The van der Waals surface area contributed by atoms with Crippen LogP contribution in [-0.4, -0.2) is 6.54 Å². The van der Waals surface area contributed by atoms with Gasteiger partial charge in [-0.2, -0.15) is 0 Å². The highest BCUT2D eigenvalue weighted by Crippen LogP contribution is 2.31. The summed E-state index contributed by atoms with van der Waals surface area (Å²) in [5.41, 5.74) is 0. The van der Waals surface area contributed by atoms with E-state index in [0.29, 0.717) is 0 Å². The van der Waals surface area contributed by atoms with E-state index in [1.54, 1.807) is 17.6 Å². The molecule has 0 fully saturated rings. The topological polar surface area (TPSA) is 25.2 Å². The minimum absolute atomic E-state index is 0.168. The molecule has 0 saturated carbocycles. The Bertz CT molecular complexity index is 410. The van der Waals surface area contributed by atoms with Gasteiger partial charge in [0.2, 0.25) is 0 Å². The van der Waals surface area contributed by atoms with Crippen LogP contribution in [0.3, 0.4) is 0 Å². The maximum absolute atomic E-state index is 5.44. The summed E-state index contributed by atoms with van der Waals surface area (Å²) >= 11 is 5.20. The summed E-state index contributed by atoms with van der Waals surface area (Å²) < 4.78 is 6.59. The zero-order valence-corrected chi connectivity index (χ0v) is 10.8. The Morgan fingerprint density at radius 3 is 2.87 bits per heavy atom. The zero-order chi connectivity index (χ0) is 10.7. The van der Waals surface area contributed by atoms with E-state index in [1.807, 2.05) is 12.1 Å². The first kappa shape index (κ1) is 10.9. The SMILES string of the molecule is CCNC(c1ccco1)c1ccc(Br)s1. The first-order valence-electron chi connectivity index (χ1n) is 4.83. The second kappa shape index (κ2) is 4.96. The van der Waals surface area contributed by atoms with E-state index in [9.17, 15) is 0 Å². The molecule has 1 N–H and O–H groups in total. The molecule has 2 rings (SSSR count). The van der Waals surface area contributed by atoms with Crippen LogP contribution in [0.4, 0.5) is 0 Å². The Kier molecular flexibility index (Phi) is 3.61. The van der Waals surface area contributed by atoms with Crippen molar-refractivity contribution >= 4 is 27.3 Å². The normalized spacial score (nSPS) is 12.9. The summed E-state index contributed by atoms with van der Waals surface area (Å²) in [5, 5.41) is 3.41. The average Bonchev–Trinajstić information content (AvgIpc) is 2.85. The van der Waals surface area contributed by atoms with Crippen molar-refractivity contribution in [3.8, 4) is 0 Å². The molecule has 4 heteroatoms. The van der Waals surface area contributed by atoms with Crippen LogP contribution in [0.25, 0.3) is 0 Å². The fourth-order valence-electron chi connectivity index (χ4n) is 1.48. The molecule has 0 amide bonds. The van der Waals surface area contributed by atoms with E-state index < -0.39 is 0 Å². The second-order valence-corrected chi connectivity index (χ2v) is 5.64. The number of hydrogen-bond acceptors (Lipinski definition) is 3. The van der Waals surface area contributed by atoms with Crippen molar-refractivity contribution in [3.05, 3.63) is 45.0 Å². The minimum atomic E-state index is 0.168. The predicted octanol–water partition coefficient (Wildman–Crippen LogP) is 3.80. The third-order valence-corrected chi connectivity index (χ3v) is 3.80. The highest BCUT2D eigenvalue weighted by Gasteiger charge is 2.17. The molecule has 2 aromatic heterocycles. The van der Waals surface area contributed by atoms with Gasteiger partial charge in [0.15, 0.2) is 0 Å². The molecule has 2 heterocycles. The maximum atomic E-state index is 5.44. The van der Waals surface area contributed by atoms with Gasteiger partial charge in [-0.05, 0) is 46.7 Å². The third-order valence-electron chi connectivity index (χ3n) is 2.11. The van der Waals surface area contributed by atoms with Gasteiger partial charge < -0.3 is 9.73 Å². The lowest BCUT2D eigenvalue weighted by atomic mass is 10.2. The van der Waals surface area contributed by atoms with Crippen LogP contribution in [0, 0.1) is 0 Å². The van der Waals surface area contributed by atoms with Crippen LogP contribution in [0.15, 0.2) is 38.7 Å². The van der Waals surface area contributed by atoms with Gasteiger partial charge in [-0.15, -0.1) is 11.3 Å². The van der Waals surface area contributed by atoms with E-state index in [2.05, 4.69) is 40.3 Å². The highest BCUT2D eigenvalue weighted by atomic mass is 79.9. The molecular weight excluding hydrogens is 274 g/mol. The van der Waals surface area contributed by atoms with Crippen LogP contribution < -0.4 is 5.32 Å². The van der Waals surface area contributed by atoms with Gasteiger partial charge in [-0.3, -0.25) is 0 Å². The van der Waals surface area contributed by atoms with Gasteiger partial charge >= 0.3 is 0 Å². The Balaban J connectivity index is 2.27. The van der Waals surface area contributed by atoms with Crippen molar-refractivity contribution in [2.24, 2.45) is 0 Å². The molecule has 0 saturated heterocycles. The van der Waals surface area contributed by atoms with Crippen LogP contribution in [0.1, 0.15) is 23.6 Å². The third kappa shape index (κ3) is 2.51.